The van der Waals surface area contributed by atoms with E-state index in [1.54, 1.807) is 6.92 Å². The van der Waals surface area contributed by atoms with Crippen LogP contribution in [0.15, 0.2) is 35.5 Å². The van der Waals surface area contributed by atoms with Crippen LogP contribution in [-0.2, 0) is 9.53 Å². The van der Waals surface area contributed by atoms with Gasteiger partial charge in [-0.25, -0.2) is 4.79 Å². The quantitative estimate of drug-likeness (QED) is 0.527. The van der Waals surface area contributed by atoms with E-state index < -0.39 is 5.79 Å². The monoisotopic (exact) mass is 246 g/mol. The summed E-state index contributed by atoms with van der Waals surface area (Å²) in [7, 11) is 0. The zero-order chi connectivity index (χ0) is 13.1. The minimum absolute atomic E-state index is 0.168. The third-order valence-electron chi connectivity index (χ3n) is 4.69. The van der Waals surface area contributed by atoms with Crippen LogP contribution in [0.4, 0.5) is 0 Å². The maximum atomic E-state index is 11.7. The molecular weight excluding hydrogens is 228 g/mol. The van der Waals surface area contributed by atoms with Crippen molar-refractivity contribution < 1.29 is 14.6 Å². The molecule has 1 aliphatic heterocycles. The van der Waals surface area contributed by atoms with Crippen LogP contribution in [0.5, 0.6) is 0 Å². The molecule has 3 aliphatic rings. The van der Waals surface area contributed by atoms with Gasteiger partial charge in [0.1, 0.15) is 0 Å². The molecule has 0 unspecified atom stereocenters. The molecule has 3 atom stereocenters. The van der Waals surface area contributed by atoms with Gasteiger partial charge in [-0.15, -0.1) is 0 Å². The first-order chi connectivity index (χ1) is 8.36. The van der Waals surface area contributed by atoms with E-state index in [1.807, 2.05) is 0 Å². The van der Waals surface area contributed by atoms with Crippen LogP contribution in [0, 0.1) is 11.3 Å². The number of aliphatic hydroxyl groups is 1. The second-order valence-electron chi connectivity index (χ2n) is 5.98. The molecule has 0 aromatic carbocycles. The van der Waals surface area contributed by atoms with Gasteiger partial charge in [-0.1, -0.05) is 31.2 Å². The van der Waals surface area contributed by atoms with Crippen molar-refractivity contribution in [2.24, 2.45) is 11.3 Å². The van der Waals surface area contributed by atoms with Gasteiger partial charge in [0.2, 0.25) is 5.79 Å². The second kappa shape index (κ2) is 3.35. The van der Waals surface area contributed by atoms with Gasteiger partial charge in [0.15, 0.2) is 0 Å². The van der Waals surface area contributed by atoms with E-state index in [2.05, 4.69) is 25.7 Å². The van der Waals surface area contributed by atoms with E-state index in [4.69, 9.17) is 4.74 Å². The maximum absolute atomic E-state index is 11.7. The fourth-order valence-corrected chi connectivity index (χ4v) is 3.65. The van der Waals surface area contributed by atoms with Gasteiger partial charge >= 0.3 is 5.97 Å². The minimum Gasteiger partial charge on any atom is -0.426 e. The van der Waals surface area contributed by atoms with Crippen LogP contribution in [0.1, 0.15) is 33.1 Å². The Balaban J connectivity index is 2.08. The summed E-state index contributed by atoms with van der Waals surface area (Å²) in [5, 5.41) is 10.6. The number of fused-ring (bicyclic) bond motifs is 2. The molecule has 0 aromatic rings. The molecule has 3 rings (SSSR count). The van der Waals surface area contributed by atoms with Gasteiger partial charge in [-0.05, 0) is 31.1 Å². The molecule has 0 saturated heterocycles. The van der Waals surface area contributed by atoms with Crippen molar-refractivity contribution in [2.45, 2.75) is 38.9 Å². The molecule has 96 valence electrons. The zero-order valence-corrected chi connectivity index (χ0v) is 10.8. The Hall–Kier alpha value is -1.35. The Morgan fingerprint density at radius 1 is 1.56 bits per heavy atom. The smallest absolute Gasteiger partial charge is 0.336 e. The summed E-state index contributed by atoms with van der Waals surface area (Å²) >= 11 is 0. The average molecular weight is 246 g/mol. The number of allylic oxidation sites excluding steroid dienone is 3. The van der Waals surface area contributed by atoms with E-state index in [9.17, 15) is 9.90 Å². The van der Waals surface area contributed by atoms with Crippen molar-refractivity contribution in [1.29, 1.82) is 0 Å². The number of ether oxygens (including phenoxy) is 1. The Morgan fingerprint density at radius 2 is 2.28 bits per heavy atom. The molecule has 3 nitrogen and oxygen atoms in total. The van der Waals surface area contributed by atoms with E-state index in [-0.39, 0.29) is 11.4 Å². The summed E-state index contributed by atoms with van der Waals surface area (Å²) < 4.78 is 5.19. The van der Waals surface area contributed by atoms with E-state index in [0.29, 0.717) is 24.3 Å². The first-order valence-electron chi connectivity index (χ1n) is 6.37. The lowest BCUT2D eigenvalue weighted by atomic mass is 9.59. The van der Waals surface area contributed by atoms with Gasteiger partial charge in [0.25, 0.3) is 0 Å². The largest absolute Gasteiger partial charge is 0.426 e. The molecule has 0 aromatic heterocycles. The van der Waals surface area contributed by atoms with Gasteiger partial charge < -0.3 is 9.84 Å². The van der Waals surface area contributed by atoms with Gasteiger partial charge in [-0.2, -0.15) is 0 Å². The molecule has 1 N–H and O–H groups in total. The highest BCUT2D eigenvalue weighted by Gasteiger charge is 2.56. The molecular formula is C15H18O3. The average Bonchev–Trinajstić information content (AvgIpc) is 2.46. The van der Waals surface area contributed by atoms with Crippen molar-refractivity contribution in [1.82, 2.24) is 0 Å². The lowest BCUT2D eigenvalue weighted by molar-refractivity contribution is -0.197. The first kappa shape index (κ1) is 11.7. The predicted molar refractivity (Wildman–Crippen MR) is 67.5 cm³/mol. The summed E-state index contributed by atoms with van der Waals surface area (Å²) in [5.74, 6) is -1.49. The lowest BCUT2D eigenvalue weighted by Gasteiger charge is -2.48. The van der Waals surface area contributed by atoms with E-state index in [1.165, 1.54) is 5.57 Å². The van der Waals surface area contributed by atoms with Crippen molar-refractivity contribution in [3.63, 3.8) is 0 Å². The SMILES string of the molecule is C=C1CC=C[C@]2(C)C[C@]3(O)OC(=O)C(C)=C3C[C@H]12. The number of rotatable bonds is 0. The van der Waals surface area contributed by atoms with Crippen LogP contribution in [0.3, 0.4) is 0 Å². The molecule has 18 heavy (non-hydrogen) atoms. The molecule has 2 aliphatic carbocycles. The zero-order valence-electron chi connectivity index (χ0n) is 10.8. The predicted octanol–water partition coefficient (Wildman–Crippen LogP) is 2.48. The number of carbonyl (C=O) groups is 1. The van der Waals surface area contributed by atoms with Crippen molar-refractivity contribution in [3.8, 4) is 0 Å². The third-order valence-corrected chi connectivity index (χ3v) is 4.69. The normalized spacial score (nSPS) is 42.7. The topological polar surface area (TPSA) is 46.5 Å². The minimum atomic E-state index is -1.39. The van der Waals surface area contributed by atoms with Crippen molar-refractivity contribution >= 4 is 5.97 Å². The Morgan fingerprint density at radius 3 is 3.00 bits per heavy atom. The van der Waals surface area contributed by atoms with Crippen LogP contribution >= 0.6 is 0 Å². The van der Waals surface area contributed by atoms with E-state index >= 15 is 0 Å². The summed E-state index contributed by atoms with van der Waals surface area (Å²) in [6, 6.07) is 0. The fourth-order valence-electron chi connectivity index (χ4n) is 3.65. The highest BCUT2D eigenvalue weighted by Crippen LogP contribution is 2.56. The Kier molecular flexibility index (Phi) is 2.18. The fraction of sp³-hybridized carbons (Fsp3) is 0.533. The summed E-state index contributed by atoms with van der Waals surface area (Å²) in [6.07, 6.45) is 6.23. The molecule has 3 heteroatoms. The molecule has 0 spiro atoms. The molecule has 0 bridgehead atoms. The Bertz CT molecular complexity index is 512. The summed E-state index contributed by atoms with van der Waals surface area (Å²) in [5.41, 5.74) is 2.34. The summed E-state index contributed by atoms with van der Waals surface area (Å²) in [6.45, 7) is 7.99. The number of hydrogen-bond acceptors (Lipinski definition) is 3. The maximum Gasteiger partial charge on any atom is 0.336 e. The first-order valence-corrected chi connectivity index (χ1v) is 6.37. The van der Waals surface area contributed by atoms with Crippen LogP contribution < -0.4 is 0 Å². The number of hydrogen-bond donors (Lipinski definition) is 1. The standard InChI is InChI=1S/C15H18O3/c1-9-5-4-6-14(3)8-15(17)12(7-11(9)14)10(2)13(16)18-15/h4,6,11,17H,1,5,7-8H2,2-3H3/t11-,14-,15+/m1/s1. The Labute approximate surface area is 107 Å². The van der Waals surface area contributed by atoms with Gasteiger partial charge in [0.05, 0.1) is 0 Å². The molecule has 0 radical (unpaired) electrons. The number of carbonyl (C=O) groups excluding carboxylic acids is 1. The van der Waals surface area contributed by atoms with Crippen LogP contribution in [0.25, 0.3) is 0 Å². The number of esters is 1. The lowest BCUT2D eigenvalue weighted by Crippen LogP contribution is -2.47. The second-order valence-corrected chi connectivity index (χ2v) is 5.98. The molecule has 0 amide bonds. The van der Waals surface area contributed by atoms with Crippen LogP contribution in [-0.4, -0.2) is 16.9 Å². The third kappa shape index (κ3) is 1.37. The molecule has 1 saturated carbocycles. The molecule has 1 heterocycles. The summed E-state index contributed by atoms with van der Waals surface area (Å²) in [4.78, 5) is 11.7. The van der Waals surface area contributed by atoms with Gasteiger partial charge in [0, 0.05) is 17.6 Å². The van der Waals surface area contributed by atoms with Crippen molar-refractivity contribution in [3.05, 3.63) is 35.5 Å². The highest BCUT2D eigenvalue weighted by molar-refractivity contribution is 5.92. The van der Waals surface area contributed by atoms with Crippen LogP contribution in [0.2, 0.25) is 0 Å². The van der Waals surface area contributed by atoms with E-state index in [0.717, 1.165) is 12.0 Å². The van der Waals surface area contributed by atoms with Crippen molar-refractivity contribution in [2.75, 3.05) is 0 Å². The van der Waals surface area contributed by atoms with Gasteiger partial charge in [-0.3, -0.25) is 0 Å². The molecule has 1 fully saturated rings. The highest BCUT2D eigenvalue weighted by atomic mass is 16.7.